The molecular formula is C26H30F2N6O5. The van der Waals surface area contributed by atoms with E-state index in [2.05, 4.69) is 39.7 Å². The number of amides is 1. The van der Waals surface area contributed by atoms with Crippen LogP contribution in [0.15, 0.2) is 59.1 Å². The standard InChI is InChI=1S/C20H16F2N6O4.C6H14O/c1-11(29)23-15-4-2-3-13(9-15)16-10-28(27-24-16)20(30,31)14-7-5-12(6-8-14)18-25-26-19(32-18)17(21)22;1-3-5-7-6-4-2/h2-10,17,30-31H,1H3,(H,23,29);3-6H2,1-2H3. The number of rotatable bonds is 10. The number of carbonyl (C=O) groups is 1. The van der Waals surface area contributed by atoms with Crippen molar-refractivity contribution < 1.29 is 32.9 Å². The highest BCUT2D eigenvalue weighted by molar-refractivity contribution is 5.89. The zero-order valence-corrected chi connectivity index (χ0v) is 21.7. The van der Waals surface area contributed by atoms with Gasteiger partial charge in [-0.15, -0.1) is 15.3 Å². The number of carbonyl (C=O) groups excluding carboxylic acids is 1. The van der Waals surface area contributed by atoms with Crippen molar-refractivity contribution in [2.24, 2.45) is 0 Å². The molecule has 0 saturated carbocycles. The average molecular weight is 545 g/mol. The zero-order valence-electron chi connectivity index (χ0n) is 21.7. The number of anilines is 1. The van der Waals surface area contributed by atoms with E-state index in [0.29, 0.717) is 22.5 Å². The summed E-state index contributed by atoms with van der Waals surface area (Å²) in [6, 6.07) is 12.3. The van der Waals surface area contributed by atoms with Crippen LogP contribution in [0.2, 0.25) is 0 Å². The number of benzene rings is 2. The smallest absolute Gasteiger partial charge is 0.314 e. The topological polar surface area (TPSA) is 148 Å². The Bertz CT molecular complexity index is 1340. The van der Waals surface area contributed by atoms with Crippen molar-refractivity contribution >= 4 is 11.6 Å². The Labute approximate surface area is 223 Å². The summed E-state index contributed by atoms with van der Waals surface area (Å²) in [6.45, 7) is 7.48. The van der Waals surface area contributed by atoms with Crippen molar-refractivity contribution in [1.29, 1.82) is 0 Å². The van der Waals surface area contributed by atoms with Crippen LogP contribution < -0.4 is 5.32 Å². The lowest BCUT2D eigenvalue weighted by atomic mass is 10.1. The molecule has 0 aliphatic heterocycles. The summed E-state index contributed by atoms with van der Waals surface area (Å²) in [6.07, 6.45) is 0.715. The maximum Gasteiger partial charge on any atom is 0.314 e. The largest absolute Gasteiger partial charge is 0.415 e. The highest BCUT2D eigenvalue weighted by Gasteiger charge is 2.30. The van der Waals surface area contributed by atoms with E-state index >= 15 is 0 Å². The van der Waals surface area contributed by atoms with E-state index in [0.717, 1.165) is 30.7 Å². The van der Waals surface area contributed by atoms with Gasteiger partial charge in [0.1, 0.15) is 5.69 Å². The van der Waals surface area contributed by atoms with E-state index in [-0.39, 0.29) is 17.4 Å². The van der Waals surface area contributed by atoms with E-state index in [4.69, 9.17) is 9.15 Å². The molecule has 2 heterocycles. The van der Waals surface area contributed by atoms with Gasteiger partial charge >= 0.3 is 6.43 Å². The second-order valence-corrected chi connectivity index (χ2v) is 8.38. The first-order valence-electron chi connectivity index (χ1n) is 12.2. The molecule has 1 amide bonds. The van der Waals surface area contributed by atoms with Gasteiger partial charge in [-0.1, -0.05) is 43.3 Å². The maximum atomic E-state index is 12.6. The van der Waals surface area contributed by atoms with E-state index in [1.807, 2.05) is 0 Å². The number of alkyl halides is 2. The van der Waals surface area contributed by atoms with Crippen molar-refractivity contribution in [3.05, 3.63) is 66.2 Å². The van der Waals surface area contributed by atoms with Crippen molar-refractivity contribution in [2.45, 2.75) is 45.9 Å². The fourth-order valence-corrected chi connectivity index (χ4v) is 3.31. The lowest BCUT2D eigenvalue weighted by Crippen LogP contribution is -2.34. The van der Waals surface area contributed by atoms with Crippen molar-refractivity contribution in [1.82, 2.24) is 25.2 Å². The van der Waals surface area contributed by atoms with Crippen LogP contribution in [-0.2, 0) is 15.4 Å². The molecule has 0 atom stereocenters. The number of nitrogens with one attached hydrogen (secondary N) is 1. The lowest BCUT2D eigenvalue weighted by Gasteiger charge is -2.21. The number of hydrogen-bond donors (Lipinski definition) is 3. The molecule has 0 spiro atoms. The minimum Gasteiger partial charge on any atom is -0.415 e. The molecule has 208 valence electrons. The average Bonchev–Trinajstić information content (AvgIpc) is 3.61. The molecular weight excluding hydrogens is 514 g/mol. The van der Waals surface area contributed by atoms with Gasteiger partial charge in [-0.3, -0.25) is 4.79 Å². The third kappa shape index (κ3) is 7.96. The second kappa shape index (κ2) is 13.6. The van der Waals surface area contributed by atoms with Gasteiger partial charge in [-0.2, -0.15) is 13.5 Å². The second-order valence-electron chi connectivity index (χ2n) is 8.38. The van der Waals surface area contributed by atoms with Gasteiger partial charge in [0.05, 0.1) is 6.20 Å². The minimum absolute atomic E-state index is 0.0262. The molecule has 0 unspecified atom stereocenters. The molecule has 4 rings (SSSR count). The third-order valence-electron chi connectivity index (χ3n) is 5.13. The highest BCUT2D eigenvalue weighted by atomic mass is 19.3. The molecule has 13 heteroatoms. The van der Waals surface area contributed by atoms with Gasteiger partial charge in [0, 0.05) is 42.5 Å². The molecule has 0 bridgehead atoms. The quantitative estimate of drug-likeness (QED) is 0.196. The summed E-state index contributed by atoms with van der Waals surface area (Å²) < 4.78 is 36.1. The number of nitrogens with zero attached hydrogens (tertiary/aromatic N) is 5. The fourth-order valence-electron chi connectivity index (χ4n) is 3.31. The first-order valence-corrected chi connectivity index (χ1v) is 12.2. The van der Waals surface area contributed by atoms with Crippen LogP contribution in [-0.4, -0.2) is 54.5 Å². The van der Waals surface area contributed by atoms with Crippen LogP contribution >= 0.6 is 0 Å². The van der Waals surface area contributed by atoms with E-state index in [9.17, 15) is 23.8 Å². The number of ether oxygens (including phenoxy) is 1. The molecule has 2 aromatic carbocycles. The van der Waals surface area contributed by atoms with Gasteiger partial charge < -0.3 is 24.7 Å². The van der Waals surface area contributed by atoms with Gasteiger partial charge in [0.15, 0.2) is 0 Å². The molecule has 4 aromatic rings. The number of halogens is 2. The number of aromatic nitrogens is 5. The van der Waals surface area contributed by atoms with Gasteiger partial charge in [-0.25, -0.2) is 0 Å². The van der Waals surface area contributed by atoms with E-state index in [1.165, 1.54) is 37.4 Å². The highest BCUT2D eigenvalue weighted by Crippen LogP contribution is 2.28. The van der Waals surface area contributed by atoms with Crippen LogP contribution in [0.4, 0.5) is 14.5 Å². The molecule has 2 aromatic heterocycles. The Kier molecular flexibility index (Phi) is 10.3. The molecule has 39 heavy (non-hydrogen) atoms. The fraction of sp³-hybridized carbons (Fsp3) is 0.346. The molecule has 3 N–H and O–H groups in total. The molecule has 0 fully saturated rings. The van der Waals surface area contributed by atoms with Crippen LogP contribution in [0.25, 0.3) is 22.7 Å². The predicted octanol–water partition coefficient (Wildman–Crippen LogP) is 4.36. The summed E-state index contributed by atoms with van der Waals surface area (Å²) in [5, 5.41) is 38.5. The summed E-state index contributed by atoms with van der Waals surface area (Å²) in [4.78, 5) is 11.2. The summed E-state index contributed by atoms with van der Waals surface area (Å²) >= 11 is 0. The minimum atomic E-state index is -2.89. The first kappa shape index (κ1) is 29.5. The molecule has 0 aliphatic rings. The summed E-state index contributed by atoms with van der Waals surface area (Å²) in [7, 11) is 0. The first-order chi connectivity index (χ1) is 18.6. The van der Waals surface area contributed by atoms with Crippen molar-refractivity contribution in [2.75, 3.05) is 18.5 Å². The van der Waals surface area contributed by atoms with Crippen molar-refractivity contribution in [3.63, 3.8) is 0 Å². The molecule has 0 aliphatic carbocycles. The summed E-state index contributed by atoms with van der Waals surface area (Å²) in [5.41, 5.74) is 1.83. The third-order valence-corrected chi connectivity index (χ3v) is 5.13. The number of aliphatic hydroxyl groups is 2. The summed E-state index contributed by atoms with van der Waals surface area (Å²) in [5.74, 6) is -3.72. The Morgan fingerprint density at radius 2 is 1.74 bits per heavy atom. The van der Waals surface area contributed by atoms with Gasteiger partial charge in [-0.05, 0) is 37.1 Å². The Morgan fingerprint density at radius 3 is 2.33 bits per heavy atom. The maximum absolute atomic E-state index is 12.6. The van der Waals surface area contributed by atoms with Crippen LogP contribution in [0, 0.1) is 0 Å². The van der Waals surface area contributed by atoms with Gasteiger partial charge in [0.2, 0.25) is 11.8 Å². The van der Waals surface area contributed by atoms with E-state index in [1.54, 1.807) is 24.3 Å². The van der Waals surface area contributed by atoms with E-state index < -0.39 is 18.2 Å². The van der Waals surface area contributed by atoms with Crippen LogP contribution in [0.1, 0.15) is 51.5 Å². The Hall–Kier alpha value is -4.07. The molecule has 0 radical (unpaired) electrons. The Balaban J connectivity index is 0.000000532. The molecule has 11 nitrogen and oxygen atoms in total. The van der Waals surface area contributed by atoms with Gasteiger partial charge in [0.25, 0.3) is 11.8 Å². The monoisotopic (exact) mass is 544 g/mol. The SMILES string of the molecule is CC(=O)Nc1cccc(-c2cn(C(O)(O)c3ccc(-c4nnc(C(F)F)o4)cc3)nn2)c1.CCCOCCC. The molecule has 0 saturated heterocycles. The number of hydrogen-bond acceptors (Lipinski definition) is 9. The van der Waals surface area contributed by atoms with Crippen LogP contribution in [0.5, 0.6) is 0 Å². The Morgan fingerprint density at radius 1 is 1.05 bits per heavy atom. The predicted molar refractivity (Wildman–Crippen MR) is 137 cm³/mol. The van der Waals surface area contributed by atoms with Crippen LogP contribution in [0.3, 0.4) is 0 Å². The van der Waals surface area contributed by atoms with Crippen molar-refractivity contribution in [3.8, 4) is 22.7 Å². The normalized spacial score (nSPS) is 11.3. The lowest BCUT2D eigenvalue weighted by molar-refractivity contribution is -0.201. The zero-order chi connectivity index (χ0) is 28.4.